The molecule has 5 nitrogen and oxygen atoms in total. The average Bonchev–Trinajstić information content (AvgIpc) is 2.66. The van der Waals surface area contributed by atoms with Crippen molar-refractivity contribution < 1.29 is 14.7 Å². The lowest BCUT2D eigenvalue weighted by atomic mass is 10.0. The molecule has 3 unspecified atom stereocenters. The smallest absolute Gasteiger partial charge is 0.308 e. The number of rotatable bonds is 5. The number of hydrogen-bond donors (Lipinski definition) is 3. The van der Waals surface area contributed by atoms with Crippen LogP contribution >= 0.6 is 0 Å². The second-order valence-corrected chi connectivity index (χ2v) is 4.12. The third-order valence-corrected chi connectivity index (χ3v) is 2.92. The number of hydrogen-bond acceptors (Lipinski definition) is 3. The van der Waals surface area contributed by atoms with Gasteiger partial charge in [-0.1, -0.05) is 12.5 Å². The Morgan fingerprint density at radius 1 is 1.56 bits per heavy atom. The number of carbonyl (C=O) groups is 2. The molecule has 3 atom stereocenters. The van der Waals surface area contributed by atoms with Crippen LogP contribution in [-0.4, -0.2) is 29.1 Å². The molecular formula is C11H18N2O3. The van der Waals surface area contributed by atoms with Crippen LogP contribution in [-0.2, 0) is 9.59 Å². The summed E-state index contributed by atoms with van der Waals surface area (Å²) in [7, 11) is 0. The Bertz CT molecular complexity index is 291. The fourth-order valence-electron chi connectivity index (χ4n) is 2.00. The van der Waals surface area contributed by atoms with Gasteiger partial charge in [-0.15, -0.1) is 6.58 Å². The van der Waals surface area contributed by atoms with E-state index in [0.717, 1.165) is 6.42 Å². The van der Waals surface area contributed by atoms with Crippen LogP contribution in [0, 0.1) is 5.92 Å². The van der Waals surface area contributed by atoms with E-state index < -0.39 is 17.9 Å². The number of nitrogens with two attached hydrogens (primary N) is 1. The van der Waals surface area contributed by atoms with Crippen LogP contribution in [0.4, 0.5) is 0 Å². The van der Waals surface area contributed by atoms with Crippen molar-refractivity contribution in [3.8, 4) is 0 Å². The van der Waals surface area contributed by atoms with Crippen molar-refractivity contribution in [2.24, 2.45) is 11.7 Å². The van der Waals surface area contributed by atoms with Crippen LogP contribution in [0.5, 0.6) is 0 Å². The van der Waals surface area contributed by atoms with Gasteiger partial charge in [-0.2, -0.15) is 0 Å². The molecule has 1 amide bonds. The van der Waals surface area contributed by atoms with E-state index in [0.29, 0.717) is 19.3 Å². The molecule has 0 bridgehead atoms. The van der Waals surface area contributed by atoms with Gasteiger partial charge in [-0.3, -0.25) is 9.59 Å². The van der Waals surface area contributed by atoms with Gasteiger partial charge in [0.15, 0.2) is 0 Å². The Kier molecular flexibility index (Phi) is 4.49. The van der Waals surface area contributed by atoms with Gasteiger partial charge < -0.3 is 16.2 Å². The molecule has 0 aromatic heterocycles. The minimum absolute atomic E-state index is 0.277. The first-order valence-electron chi connectivity index (χ1n) is 5.46. The molecule has 5 heteroatoms. The fraction of sp³-hybridized carbons (Fsp3) is 0.636. The molecule has 1 saturated carbocycles. The highest BCUT2D eigenvalue weighted by molar-refractivity contribution is 5.83. The SMILES string of the molecule is C=CCC(N)C(=O)NC1CCCC1C(=O)O. The highest BCUT2D eigenvalue weighted by atomic mass is 16.4. The summed E-state index contributed by atoms with van der Waals surface area (Å²) in [6.07, 6.45) is 4.14. The van der Waals surface area contributed by atoms with Gasteiger partial charge in [-0.25, -0.2) is 0 Å². The summed E-state index contributed by atoms with van der Waals surface area (Å²) in [6, 6.07) is -0.909. The monoisotopic (exact) mass is 226 g/mol. The maximum Gasteiger partial charge on any atom is 0.308 e. The lowest BCUT2D eigenvalue weighted by Gasteiger charge is -2.19. The normalized spacial score (nSPS) is 26.1. The maximum atomic E-state index is 11.6. The quantitative estimate of drug-likeness (QED) is 0.586. The van der Waals surface area contributed by atoms with Crippen LogP contribution in [0.3, 0.4) is 0 Å². The summed E-state index contributed by atoms with van der Waals surface area (Å²) < 4.78 is 0. The second kappa shape index (κ2) is 5.65. The van der Waals surface area contributed by atoms with Crippen molar-refractivity contribution >= 4 is 11.9 Å². The second-order valence-electron chi connectivity index (χ2n) is 4.12. The topological polar surface area (TPSA) is 92.4 Å². The number of carbonyl (C=O) groups excluding carboxylic acids is 1. The van der Waals surface area contributed by atoms with Crippen molar-refractivity contribution in [1.29, 1.82) is 0 Å². The van der Waals surface area contributed by atoms with E-state index in [4.69, 9.17) is 10.8 Å². The standard InChI is InChI=1S/C11H18N2O3/c1-2-4-8(12)10(14)13-9-6-3-5-7(9)11(15)16/h2,7-9H,1,3-6,12H2,(H,13,14)(H,15,16). The van der Waals surface area contributed by atoms with Crippen molar-refractivity contribution in [3.63, 3.8) is 0 Å². The number of carboxylic acids is 1. The molecule has 16 heavy (non-hydrogen) atoms. The molecule has 0 saturated heterocycles. The predicted molar refractivity (Wildman–Crippen MR) is 59.7 cm³/mol. The molecule has 4 N–H and O–H groups in total. The Hall–Kier alpha value is -1.36. The first-order valence-corrected chi connectivity index (χ1v) is 5.46. The Morgan fingerprint density at radius 3 is 2.81 bits per heavy atom. The molecule has 0 spiro atoms. The molecule has 1 aliphatic rings. The summed E-state index contributed by atoms with van der Waals surface area (Å²) in [6.45, 7) is 3.50. The molecule has 0 aliphatic heterocycles. The molecule has 90 valence electrons. The maximum absolute atomic E-state index is 11.6. The average molecular weight is 226 g/mol. The zero-order valence-electron chi connectivity index (χ0n) is 9.19. The van der Waals surface area contributed by atoms with Gasteiger partial charge in [-0.05, 0) is 19.3 Å². The molecule has 0 aromatic carbocycles. The summed E-state index contributed by atoms with van der Waals surface area (Å²) >= 11 is 0. The van der Waals surface area contributed by atoms with Crippen LogP contribution in [0.25, 0.3) is 0 Å². The number of aliphatic carboxylic acids is 1. The molecule has 0 radical (unpaired) electrons. The zero-order valence-corrected chi connectivity index (χ0v) is 9.19. The van der Waals surface area contributed by atoms with Crippen LogP contribution in [0.2, 0.25) is 0 Å². The van der Waals surface area contributed by atoms with Crippen molar-refractivity contribution in [1.82, 2.24) is 5.32 Å². The van der Waals surface area contributed by atoms with E-state index in [-0.39, 0.29) is 11.9 Å². The van der Waals surface area contributed by atoms with E-state index in [1.807, 2.05) is 0 Å². The lowest BCUT2D eigenvalue weighted by molar-refractivity contribution is -0.142. The van der Waals surface area contributed by atoms with Gasteiger partial charge in [0.1, 0.15) is 0 Å². The third kappa shape index (κ3) is 3.06. The van der Waals surface area contributed by atoms with Gasteiger partial charge >= 0.3 is 5.97 Å². The van der Waals surface area contributed by atoms with E-state index in [1.165, 1.54) is 0 Å². The van der Waals surface area contributed by atoms with E-state index in [2.05, 4.69) is 11.9 Å². The van der Waals surface area contributed by atoms with Gasteiger partial charge in [0, 0.05) is 6.04 Å². The summed E-state index contributed by atoms with van der Waals surface area (Å²) in [5.41, 5.74) is 5.60. The number of carboxylic acid groups (broad SMARTS) is 1. The molecular weight excluding hydrogens is 208 g/mol. The zero-order chi connectivity index (χ0) is 12.1. The Morgan fingerprint density at radius 2 is 2.25 bits per heavy atom. The minimum Gasteiger partial charge on any atom is -0.481 e. The summed E-state index contributed by atoms with van der Waals surface area (Å²) in [5, 5.41) is 11.6. The van der Waals surface area contributed by atoms with Crippen molar-refractivity contribution in [2.45, 2.75) is 37.8 Å². The lowest BCUT2D eigenvalue weighted by Crippen LogP contribution is -2.47. The van der Waals surface area contributed by atoms with Gasteiger partial charge in [0.25, 0.3) is 0 Å². The Labute approximate surface area is 94.7 Å². The van der Waals surface area contributed by atoms with E-state index in [9.17, 15) is 9.59 Å². The predicted octanol–water partition coefficient (Wildman–Crippen LogP) is 0.259. The van der Waals surface area contributed by atoms with Crippen LogP contribution in [0.1, 0.15) is 25.7 Å². The van der Waals surface area contributed by atoms with Gasteiger partial charge in [0.05, 0.1) is 12.0 Å². The molecule has 0 heterocycles. The van der Waals surface area contributed by atoms with E-state index in [1.54, 1.807) is 6.08 Å². The first kappa shape index (κ1) is 12.7. The van der Waals surface area contributed by atoms with E-state index >= 15 is 0 Å². The molecule has 1 fully saturated rings. The molecule has 1 rings (SSSR count). The van der Waals surface area contributed by atoms with Crippen molar-refractivity contribution in [2.75, 3.05) is 0 Å². The van der Waals surface area contributed by atoms with Gasteiger partial charge in [0.2, 0.25) is 5.91 Å². The van der Waals surface area contributed by atoms with Crippen LogP contribution < -0.4 is 11.1 Å². The first-order chi connectivity index (χ1) is 7.56. The number of nitrogens with one attached hydrogen (secondary N) is 1. The molecule has 0 aromatic rings. The largest absolute Gasteiger partial charge is 0.481 e. The summed E-state index contributed by atoms with van der Waals surface area (Å²) in [4.78, 5) is 22.5. The minimum atomic E-state index is -0.847. The van der Waals surface area contributed by atoms with Crippen LogP contribution in [0.15, 0.2) is 12.7 Å². The molecule has 1 aliphatic carbocycles. The highest BCUT2D eigenvalue weighted by Gasteiger charge is 2.34. The Balaban J connectivity index is 2.49. The third-order valence-electron chi connectivity index (χ3n) is 2.92. The highest BCUT2D eigenvalue weighted by Crippen LogP contribution is 2.25. The fourth-order valence-corrected chi connectivity index (χ4v) is 2.00. The van der Waals surface area contributed by atoms with Crippen molar-refractivity contribution in [3.05, 3.63) is 12.7 Å². The number of amides is 1. The summed E-state index contributed by atoms with van der Waals surface area (Å²) in [5.74, 6) is -1.61.